The van der Waals surface area contributed by atoms with Gasteiger partial charge in [-0.15, -0.1) is 0 Å². The third-order valence-corrected chi connectivity index (χ3v) is 3.56. The van der Waals surface area contributed by atoms with E-state index >= 15 is 0 Å². The van der Waals surface area contributed by atoms with Gasteiger partial charge in [0.25, 0.3) is 0 Å². The number of hydrogen-bond donors (Lipinski definition) is 1. The third-order valence-electron chi connectivity index (χ3n) is 3.56. The molecule has 0 amide bonds. The van der Waals surface area contributed by atoms with Crippen molar-refractivity contribution in [3.63, 3.8) is 0 Å². The zero-order valence-corrected chi connectivity index (χ0v) is 11.9. The first-order valence-corrected chi connectivity index (χ1v) is 7.04. The Labute approximate surface area is 119 Å². The zero-order chi connectivity index (χ0) is 13.9. The topological polar surface area (TPSA) is 29.3 Å². The second kappa shape index (κ2) is 5.37. The lowest BCUT2D eigenvalue weighted by molar-refractivity contribution is 1.03. The summed E-state index contributed by atoms with van der Waals surface area (Å²) in [5.74, 6) is 1.11. The largest absolute Gasteiger partial charge is 0.366 e. The van der Waals surface area contributed by atoms with Crippen LogP contribution in [0.2, 0.25) is 0 Å². The molecule has 102 valence electrons. The first kappa shape index (κ1) is 12.7. The molecule has 2 aromatic heterocycles. The van der Waals surface area contributed by atoms with E-state index in [9.17, 15) is 0 Å². The van der Waals surface area contributed by atoms with Crippen molar-refractivity contribution in [2.45, 2.75) is 26.8 Å². The number of hydrogen-bond acceptors (Lipinski definition) is 2. The molecule has 3 nitrogen and oxygen atoms in total. The van der Waals surface area contributed by atoms with Gasteiger partial charge < -0.3 is 5.32 Å². The van der Waals surface area contributed by atoms with Gasteiger partial charge in [-0.25, -0.2) is 4.98 Å². The molecule has 0 saturated heterocycles. The van der Waals surface area contributed by atoms with Crippen molar-refractivity contribution in [2.24, 2.45) is 0 Å². The number of aromatic nitrogens is 2. The molecule has 20 heavy (non-hydrogen) atoms. The van der Waals surface area contributed by atoms with Crippen LogP contribution >= 0.6 is 0 Å². The normalized spacial score (nSPS) is 10.9. The molecule has 0 spiro atoms. The van der Waals surface area contributed by atoms with Gasteiger partial charge in [-0.05, 0) is 30.5 Å². The van der Waals surface area contributed by atoms with Gasteiger partial charge >= 0.3 is 0 Å². The Morgan fingerprint density at radius 1 is 1.10 bits per heavy atom. The highest BCUT2D eigenvalue weighted by Crippen LogP contribution is 2.21. The molecule has 1 aromatic carbocycles. The number of fused-ring (bicyclic) bond motifs is 1. The Kier molecular flexibility index (Phi) is 3.42. The van der Waals surface area contributed by atoms with E-state index < -0.39 is 0 Å². The summed E-state index contributed by atoms with van der Waals surface area (Å²) >= 11 is 0. The smallest absolute Gasteiger partial charge is 0.141 e. The molecule has 3 rings (SSSR count). The molecule has 1 N–H and O–H groups in total. The first-order valence-electron chi connectivity index (χ1n) is 7.04. The third kappa shape index (κ3) is 2.27. The Morgan fingerprint density at radius 3 is 2.65 bits per heavy atom. The number of anilines is 1. The van der Waals surface area contributed by atoms with Crippen LogP contribution in [-0.2, 0) is 13.0 Å². The maximum absolute atomic E-state index is 4.74. The van der Waals surface area contributed by atoms with Crippen molar-refractivity contribution in [3.8, 4) is 0 Å². The van der Waals surface area contributed by atoms with Gasteiger partial charge in [-0.1, -0.05) is 43.3 Å². The number of rotatable bonds is 4. The first-order chi connectivity index (χ1) is 9.79. The second-order valence-electron chi connectivity index (χ2n) is 4.98. The van der Waals surface area contributed by atoms with Crippen LogP contribution in [0.5, 0.6) is 0 Å². The lowest BCUT2D eigenvalue weighted by Crippen LogP contribution is -2.04. The Bertz CT molecular complexity index is 714. The van der Waals surface area contributed by atoms with E-state index in [-0.39, 0.29) is 0 Å². The van der Waals surface area contributed by atoms with Gasteiger partial charge in [0.2, 0.25) is 0 Å². The van der Waals surface area contributed by atoms with Gasteiger partial charge in [0.15, 0.2) is 0 Å². The highest BCUT2D eigenvalue weighted by Gasteiger charge is 2.11. The fourth-order valence-corrected chi connectivity index (χ4v) is 2.47. The molecule has 0 aliphatic carbocycles. The zero-order valence-electron chi connectivity index (χ0n) is 11.9. The number of aryl methyl sites for hydroxylation is 2. The van der Waals surface area contributed by atoms with E-state index in [1.165, 1.54) is 11.1 Å². The van der Waals surface area contributed by atoms with E-state index in [2.05, 4.69) is 66.2 Å². The van der Waals surface area contributed by atoms with Gasteiger partial charge in [0.05, 0.1) is 5.69 Å². The van der Waals surface area contributed by atoms with Crippen LogP contribution in [0.15, 0.2) is 48.7 Å². The molecule has 3 aromatic rings. The average molecular weight is 265 g/mol. The lowest BCUT2D eigenvalue weighted by atomic mass is 10.2. The van der Waals surface area contributed by atoms with Crippen molar-refractivity contribution in [1.82, 2.24) is 9.38 Å². The molecule has 0 aliphatic heterocycles. The number of nitrogens with one attached hydrogen (secondary N) is 1. The standard InChI is InChI=1S/C17H19N3/c1-3-15-17(18-12-14-9-5-4-6-10-14)20-11-7-8-13(2)16(20)19-15/h4-11,18H,3,12H2,1-2H3. The maximum Gasteiger partial charge on any atom is 0.141 e. The van der Waals surface area contributed by atoms with Crippen LogP contribution in [0.1, 0.15) is 23.7 Å². The van der Waals surface area contributed by atoms with Crippen LogP contribution in [-0.4, -0.2) is 9.38 Å². The van der Waals surface area contributed by atoms with Crippen LogP contribution in [0.25, 0.3) is 5.65 Å². The van der Waals surface area contributed by atoms with Crippen LogP contribution in [0, 0.1) is 6.92 Å². The second-order valence-corrected chi connectivity index (χ2v) is 4.98. The SMILES string of the molecule is CCc1nc2c(C)cccn2c1NCc1ccccc1. The maximum atomic E-state index is 4.74. The van der Waals surface area contributed by atoms with Crippen LogP contribution < -0.4 is 5.32 Å². The summed E-state index contributed by atoms with van der Waals surface area (Å²) in [6, 6.07) is 14.6. The molecule has 0 radical (unpaired) electrons. The summed E-state index contributed by atoms with van der Waals surface area (Å²) in [6.07, 6.45) is 3.00. The van der Waals surface area contributed by atoms with E-state index in [1.54, 1.807) is 0 Å². The number of pyridine rings is 1. The summed E-state index contributed by atoms with van der Waals surface area (Å²) in [4.78, 5) is 4.74. The van der Waals surface area contributed by atoms with Crippen molar-refractivity contribution in [3.05, 3.63) is 65.5 Å². The highest BCUT2D eigenvalue weighted by atomic mass is 15.1. The lowest BCUT2D eigenvalue weighted by Gasteiger charge is -2.08. The minimum Gasteiger partial charge on any atom is -0.366 e. The van der Waals surface area contributed by atoms with Gasteiger partial charge in [-0.2, -0.15) is 0 Å². The summed E-state index contributed by atoms with van der Waals surface area (Å²) in [7, 11) is 0. The fourth-order valence-electron chi connectivity index (χ4n) is 2.47. The fraction of sp³-hybridized carbons (Fsp3) is 0.235. The summed E-state index contributed by atoms with van der Waals surface area (Å²) in [6.45, 7) is 5.06. The molecule has 0 aliphatic rings. The molecular weight excluding hydrogens is 246 g/mol. The minimum atomic E-state index is 0.815. The molecule has 3 heteroatoms. The number of nitrogens with zero attached hydrogens (tertiary/aromatic N) is 2. The van der Waals surface area contributed by atoms with E-state index in [0.717, 1.165) is 30.1 Å². The summed E-state index contributed by atoms with van der Waals surface area (Å²) < 4.78 is 2.15. The molecule has 0 fully saturated rings. The van der Waals surface area contributed by atoms with Crippen LogP contribution in [0.3, 0.4) is 0 Å². The molecule has 0 unspecified atom stereocenters. The molecule has 0 bridgehead atoms. The number of imidazole rings is 1. The summed E-state index contributed by atoms with van der Waals surface area (Å²) in [5, 5.41) is 3.53. The highest BCUT2D eigenvalue weighted by molar-refractivity contribution is 5.59. The number of benzene rings is 1. The van der Waals surface area contributed by atoms with E-state index in [4.69, 9.17) is 4.98 Å². The van der Waals surface area contributed by atoms with E-state index in [1.807, 2.05) is 6.07 Å². The van der Waals surface area contributed by atoms with Crippen LogP contribution in [0.4, 0.5) is 5.82 Å². The predicted molar refractivity (Wildman–Crippen MR) is 83.1 cm³/mol. The minimum absolute atomic E-state index is 0.815. The molecule has 0 atom stereocenters. The Hall–Kier alpha value is -2.29. The van der Waals surface area contributed by atoms with Crippen molar-refractivity contribution < 1.29 is 0 Å². The van der Waals surface area contributed by atoms with Gasteiger partial charge in [0.1, 0.15) is 11.5 Å². The average Bonchev–Trinajstić information content (AvgIpc) is 2.85. The van der Waals surface area contributed by atoms with Crippen molar-refractivity contribution >= 4 is 11.5 Å². The van der Waals surface area contributed by atoms with Crippen molar-refractivity contribution in [2.75, 3.05) is 5.32 Å². The van der Waals surface area contributed by atoms with Crippen molar-refractivity contribution in [1.29, 1.82) is 0 Å². The van der Waals surface area contributed by atoms with E-state index in [0.29, 0.717) is 0 Å². The Balaban J connectivity index is 1.96. The molecule has 0 saturated carbocycles. The Morgan fingerprint density at radius 2 is 1.90 bits per heavy atom. The quantitative estimate of drug-likeness (QED) is 0.777. The summed E-state index contributed by atoms with van der Waals surface area (Å²) in [5.41, 5.74) is 4.64. The predicted octanol–water partition coefficient (Wildman–Crippen LogP) is 3.82. The molecule has 2 heterocycles. The van der Waals surface area contributed by atoms with Gasteiger partial charge in [-0.3, -0.25) is 4.40 Å². The molecular formula is C17H19N3. The van der Waals surface area contributed by atoms with Gasteiger partial charge in [0, 0.05) is 12.7 Å². The monoisotopic (exact) mass is 265 g/mol.